The molecule has 8 rings (SSSR count). The molecule has 0 aliphatic carbocycles. The highest BCUT2D eigenvalue weighted by atomic mass is 32.1. The Labute approximate surface area is 307 Å². The van der Waals surface area contributed by atoms with E-state index in [1.807, 2.05) is 60.6 Å². The van der Waals surface area contributed by atoms with Crippen LogP contribution in [0.15, 0.2) is 66.7 Å². The Morgan fingerprint density at radius 3 is 2.55 bits per heavy atom. The number of ether oxygens (including phenoxy) is 1. The van der Waals surface area contributed by atoms with Crippen LogP contribution < -0.4 is 4.74 Å². The van der Waals surface area contributed by atoms with E-state index in [0.29, 0.717) is 40.4 Å². The van der Waals surface area contributed by atoms with Crippen molar-refractivity contribution in [2.24, 2.45) is 7.05 Å². The summed E-state index contributed by atoms with van der Waals surface area (Å²) in [6.45, 7) is 8.12. The average molecular weight is 740 g/mol. The highest BCUT2D eigenvalue weighted by Gasteiger charge is 2.36. The van der Waals surface area contributed by atoms with Crippen molar-refractivity contribution in [3.8, 4) is 39.5 Å². The molecule has 2 aliphatic rings. The lowest BCUT2D eigenvalue weighted by molar-refractivity contribution is -0.129. The van der Waals surface area contributed by atoms with Gasteiger partial charge in [0.25, 0.3) is 0 Å². The molecule has 1 saturated heterocycles. The SMILES string of the molecule is C=CC(=O)N1C[C@H](C)n2nc(-c3nc(-c4ccc5c(ccn5C)c4)c4scc(F)c4c3-c3c(F)cc(F)cc3OC[C@H]3CN(C)C(=O)N3C)cc2[C@H]1C. The van der Waals surface area contributed by atoms with E-state index in [1.165, 1.54) is 21.3 Å². The van der Waals surface area contributed by atoms with Crippen molar-refractivity contribution in [2.45, 2.75) is 32.0 Å². The smallest absolute Gasteiger partial charge is 0.319 e. The molecule has 0 bridgehead atoms. The summed E-state index contributed by atoms with van der Waals surface area (Å²) < 4.78 is 58.3. The first-order valence-electron chi connectivity index (χ1n) is 17.1. The fraction of sp³-hybridized carbons (Fsp3) is 0.282. The van der Waals surface area contributed by atoms with Gasteiger partial charge in [-0.05, 0) is 44.2 Å². The molecular formula is C39H36F3N7O3S. The zero-order chi connectivity index (χ0) is 37.5. The van der Waals surface area contributed by atoms with Gasteiger partial charge >= 0.3 is 6.03 Å². The van der Waals surface area contributed by atoms with Gasteiger partial charge in [0.1, 0.15) is 41.2 Å². The molecule has 2 aromatic carbocycles. The summed E-state index contributed by atoms with van der Waals surface area (Å²) >= 11 is 1.13. The summed E-state index contributed by atoms with van der Waals surface area (Å²) in [5.41, 5.74) is 3.22. The fourth-order valence-corrected chi connectivity index (χ4v) is 8.53. The monoisotopic (exact) mass is 739 g/mol. The number of pyridine rings is 1. The zero-order valence-corrected chi connectivity index (χ0v) is 30.5. The quantitative estimate of drug-likeness (QED) is 0.156. The van der Waals surface area contributed by atoms with Crippen LogP contribution in [0, 0.1) is 17.5 Å². The van der Waals surface area contributed by atoms with Crippen molar-refractivity contribution in [1.29, 1.82) is 0 Å². The van der Waals surface area contributed by atoms with Gasteiger partial charge in [-0.15, -0.1) is 11.3 Å². The maximum absolute atomic E-state index is 16.5. The number of likely N-dealkylation sites (N-methyl/N-ethyl adjacent to an activating group) is 2. The summed E-state index contributed by atoms with van der Waals surface area (Å²) in [5, 5.41) is 7.35. The van der Waals surface area contributed by atoms with Crippen molar-refractivity contribution in [2.75, 3.05) is 33.8 Å². The van der Waals surface area contributed by atoms with Crippen molar-refractivity contribution >= 4 is 44.3 Å². The molecule has 0 N–H and O–H groups in total. The van der Waals surface area contributed by atoms with Crippen molar-refractivity contribution in [3.63, 3.8) is 0 Å². The molecule has 4 aromatic heterocycles. The van der Waals surface area contributed by atoms with Crippen LogP contribution in [0.2, 0.25) is 0 Å². The van der Waals surface area contributed by atoms with Crippen LogP contribution >= 0.6 is 11.3 Å². The Bertz CT molecular complexity index is 2490. The molecule has 3 amide bonds. The van der Waals surface area contributed by atoms with Gasteiger partial charge in [0, 0.05) is 85.4 Å². The second kappa shape index (κ2) is 12.8. The van der Waals surface area contributed by atoms with Crippen LogP contribution in [-0.2, 0) is 11.8 Å². The third-order valence-electron chi connectivity index (χ3n) is 10.4. The number of hydrogen-bond acceptors (Lipinski definition) is 6. The molecule has 272 valence electrons. The molecule has 3 atom stereocenters. The van der Waals surface area contributed by atoms with E-state index in [1.54, 1.807) is 25.1 Å². The van der Waals surface area contributed by atoms with Crippen LogP contribution in [0.3, 0.4) is 0 Å². The first-order chi connectivity index (χ1) is 25.4. The minimum atomic E-state index is -0.977. The zero-order valence-electron chi connectivity index (χ0n) is 29.7. The number of hydrogen-bond donors (Lipinski definition) is 0. The largest absolute Gasteiger partial charge is 0.490 e. The number of aryl methyl sites for hydroxylation is 1. The molecule has 0 radical (unpaired) electrons. The highest BCUT2D eigenvalue weighted by Crippen LogP contribution is 2.48. The lowest BCUT2D eigenvalue weighted by Crippen LogP contribution is -2.42. The van der Waals surface area contributed by atoms with Gasteiger partial charge in [-0.25, -0.2) is 22.9 Å². The molecule has 0 saturated carbocycles. The van der Waals surface area contributed by atoms with Crippen LogP contribution in [0.4, 0.5) is 18.0 Å². The van der Waals surface area contributed by atoms with Crippen LogP contribution in [0.1, 0.15) is 31.6 Å². The van der Waals surface area contributed by atoms with Crippen molar-refractivity contribution < 1.29 is 27.5 Å². The number of rotatable bonds is 7. The minimum absolute atomic E-state index is 0.0542. The number of amides is 3. The van der Waals surface area contributed by atoms with E-state index in [2.05, 4.69) is 6.58 Å². The number of benzene rings is 2. The second-order valence-electron chi connectivity index (χ2n) is 13.8. The highest BCUT2D eigenvalue weighted by molar-refractivity contribution is 7.17. The standard InChI is InChI=1S/C39H36F3N7O3S/c1-7-32(50)48-16-20(2)49-30(21(48)3)15-28(44-49)37-35(33-26(41)13-24(40)14-31(33)52-18-25-17-46(5)39(51)47(25)6)34-27(42)19-53-38(34)36(43-37)23-8-9-29-22(12-23)10-11-45(29)4/h7-15,19-21,25H,1,16-18H2,2-6H3/t20-,21+,25+/m0/s1. The van der Waals surface area contributed by atoms with Gasteiger partial charge in [-0.3, -0.25) is 9.48 Å². The van der Waals surface area contributed by atoms with E-state index >= 15 is 13.2 Å². The molecule has 53 heavy (non-hydrogen) atoms. The number of carbonyl (C=O) groups is 2. The van der Waals surface area contributed by atoms with Gasteiger partial charge < -0.3 is 24.0 Å². The molecule has 6 heterocycles. The first kappa shape index (κ1) is 34.5. The molecule has 1 fully saturated rings. The van der Waals surface area contributed by atoms with Crippen molar-refractivity contribution in [1.82, 2.24) is 34.0 Å². The molecule has 0 unspecified atom stereocenters. The lowest BCUT2D eigenvalue weighted by Gasteiger charge is -2.36. The molecule has 14 heteroatoms. The van der Waals surface area contributed by atoms with E-state index in [0.717, 1.165) is 34.4 Å². The molecule has 0 spiro atoms. The Morgan fingerprint density at radius 1 is 1.02 bits per heavy atom. The maximum Gasteiger partial charge on any atom is 0.319 e. The van der Waals surface area contributed by atoms with Crippen LogP contribution in [-0.4, -0.2) is 85.8 Å². The number of halogens is 3. The molecule has 10 nitrogen and oxygen atoms in total. The lowest BCUT2D eigenvalue weighted by atomic mass is 9.94. The normalized spacial score (nSPS) is 18.8. The van der Waals surface area contributed by atoms with E-state index in [-0.39, 0.29) is 52.5 Å². The number of carbonyl (C=O) groups excluding carboxylic acids is 2. The average Bonchev–Trinajstić information content (AvgIpc) is 3.91. The minimum Gasteiger partial charge on any atom is -0.490 e. The molecule has 2 aliphatic heterocycles. The topological polar surface area (TPSA) is 88.7 Å². The molecule has 6 aromatic rings. The third-order valence-corrected chi connectivity index (χ3v) is 11.4. The second-order valence-corrected chi connectivity index (χ2v) is 14.7. The number of nitrogens with zero attached hydrogens (tertiary/aromatic N) is 7. The van der Waals surface area contributed by atoms with Gasteiger partial charge in [0.05, 0.1) is 39.8 Å². The Balaban J connectivity index is 1.38. The predicted octanol–water partition coefficient (Wildman–Crippen LogP) is 7.80. The number of aromatic nitrogens is 4. The van der Waals surface area contributed by atoms with Gasteiger partial charge in [-0.1, -0.05) is 12.6 Å². The van der Waals surface area contributed by atoms with Gasteiger partial charge in [0.2, 0.25) is 5.91 Å². The summed E-state index contributed by atoms with van der Waals surface area (Å²) in [4.78, 5) is 35.2. The Hall–Kier alpha value is -5.63. The van der Waals surface area contributed by atoms with E-state index in [9.17, 15) is 9.59 Å². The Kier molecular flexibility index (Phi) is 8.32. The number of thiophene rings is 1. The third kappa shape index (κ3) is 5.54. The van der Waals surface area contributed by atoms with Gasteiger partial charge in [0.15, 0.2) is 0 Å². The van der Waals surface area contributed by atoms with E-state index < -0.39 is 29.5 Å². The van der Waals surface area contributed by atoms with Gasteiger partial charge in [-0.2, -0.15) is 5.10 Å². The van der Waals surface area contributed by atoms with Crippen LogP contribution in [0.5, 0.6) is 5.75 Å². The summed E-state index contributed by atoms with van der Waals surface area (Å²) in [5.74, 6) is -2.87. The van der Waals surface area contributed by atoms with E-state index in [4.69, 9.17) is 14.8 Å². The fourth-order valence-electron chi connectivity index (χ4n) is 7.60. The summed E-state index contributed by atoms with van der Waals surface area (Å²) in [6, 6.07) is 10.2. The number of fused-ring (bicyclic) bond motifs is 3. The van der Waals surface area contributed by atoms with Crippen LogP contribution in [0.25, 0.3) is 54.8 Å². The number of urea groups is 1. The maximum atomic E-state index is 16.5. The summed E-state index contributed by atoms with van der Waals surface area (Å²) in [6.07, 6.45) is 3.22. The first-order valence-corrected chi connectivity index (χ1v) is 18.0. The van der Waals surface area contributed by atoms with Crippen molar-refractivity contribution in [3.05, 3.63) is 89.8 Å². The predicted molar refractivity (Wildman–Crippen MR) is 198 cm³/mol. The molecular weight excluding hydrogens is 704 g/mol. The summed E-state index contributed by atoms with van der Waals surface area (Å²) in [7, 11) is 5.25. The Morgan fingerprint density at radius 2 is 1.81 bits per heavy atom.